The van der Waals surface area contributed by atoms with Crippen LogP contribution in [0.4, 0.5) is 11.4 Å². The molecular formula is C22H25N5O2. The van der Waals surface area contributed by atoms with Crippen LogP contribution in [-0.2, 0) is 15.1 Å². The number of rotatable bonds is 3. The van der Waals surface area contributed by atoms with Crippen LogP contribution in [0.1, 0.15) is 36.8 Å². The monoisotopic (exact) mass is 391 g/mol. The molecule has 2 saturated heterocycles. The first kappa shape index (κ1) is 19.0. The number of carbonyl (C=O) groups is 2. The van der Waals surface area contributed by atoms with Crippen molar-refractivity contribution < 1.29 is 9.59 Å². The Morgan fingerprint density at radius 1 is 1.17 bits per heavy atom. The van der Waals surface area contributed by atoms with Gasteiger partial charge in [0, 0.05) is 31.4 Å². The van der Waals surface area contributed by atoms with Crippen LogP contribution >= 0.6 is 0 Å². The minimum atomic E-state index is -0.832. The third kappa shape index (κ3) is 3.12. The van der Waals surface area contributed by atoms with Gasteiger partial charge < -0.3 is 16.0 Å². The molecule has 150 valence electrons. The quantitative estimate of drug-likeness (QED) is 0.699. The van der Waals surface area contributed by atoms with Gasteiger partial charge in [-0.1, -0.05) is 24.3 Å². The lowest BCUT2D eigenvalue weighted by Crippen LogP contribution is -2.62. The summed E-state index contributed by atoms with van der Waals surface area (Å²) in [5.74, 6) is -0.531. The Hall–Kier alpha value is -3.35. The molecule has 0 spiro atoms. The molecule has 7 nitrogen and oxygen atoms in total. The fraction of sp³-hybridized carbons (Fsp3) is 0.318. The van der Waals surface area contributed by atoms with Gasteiger partial charge in [0.05, 0.1) is 11.5 Å². The van der Waals surface area contributed by atoms with E-state index in [0.29, 0.717) is 12.1 Å². The van der Waals surface area contributed by atoms with Crippen molar-refractivity contribution in [3.8, 4) is 0 Å². The van der Waals surface area contributed by atoms with Crippen LogP contribution in [0.15, 0.2) is 48.5 Å². The molecule has 0 aliphatic carbocycles. The second-order valence-electron chi connectivity index (χ2n) is 7.87. The highest BCUT2D eigenvalue weighted by Gasteiger charge is 2.48. The molecule has 2 aliphatic rings. The number of amides is 2. The van der Waals surface area contributed by atoms with E-state index in [2.05, 4.69) is 5.32 Å². The number of nitrogen functional groups attached to an aromatic ring is 1. The third-order valence-corrected chi connectivity index (χ3v) is 5.97. The van der Waals surface area contributed by atoms with Crippen LogP contribution in [0.5, 0.6) is 0 Å². The van der Waals surface area contributed by atoms with Crippen LogP contribution in [0.3, 0.4) is 0 Å². The van der Waals surface area contributed by atoms with E-state index in [-0.39, 0.29) is 17.8 Å². The van der Waals surface area contributed by atoms with Crippen molar-refractivity contribution in [1.82, 2.24) is 10.2 Å². The zero-order chi connectivity index (χ0) is 20.8. The van der Waals surface area contributed by atoms with E-state index in [1.54, 1.807) is 18.0 Å². The maximum absolute atomic E-state index is 13.3. The highest BCUT2D eigenvalue weighted by molar-refractivity contribution is 6.03. The minimum absolute atomic E-state index is 0.0514. The summed E-state index contributed by atoms with van der Waals surface area (Å²) in [5, 5.41) is 11.4. The standard InChI is InChI=1S/C22H25N5O2/c1-22(15-5-3-6-16(23)13-15)19(20(29)26(2)21(24)25-22)14-8-10-17(11-9-14)27-12-4-7-18(27)28/h3,5-6,8-11,13,19H,4,7,12,23H2,1-2H3,(H2,24,25)/t19-,22+/m0/s1. The summed E-state index contributed by atoms with van der Waals surface area (Å²) in [4.78, 5) is 28.4. The molecule has 0 radical (unpaired) electrons. The molecule has 4 rings (SSSR count). The number of hydrogen-bond acceptors (Lipinski definition) is 4. The molecule has 0 aromatic heterocycles. The predicted molar refractivity (Wildman–Crippen MR) is 113 cm³/mol. The largest absolute Gasteiger partial charge is 0.399 e. The maximum atomic E-state index is 13.3. The summed E-state index contributed by atoms with van der Waals surface area (Å²) in [6.07, 6.45) is 1.44. The van der Waals surface area contributed by atoms with E-state index in [4.69, 9.17) is 11.1 Å². The van der Waals surface area contributed by atoms with Gasteiger partial charge in [0.25, 0.3) is 0 Å². The van der Waals surface area contributed by atoms with Crippen molar-refractivity contribution >= 4 is 29.1 Å². The van der Waals surface area contributed by atoms with Crippen molar-refractivity contribution in [2.45, 2.75) is 31.2 Å². The Bertz CT molecular complexity index is 987. The smallest absolute Gasteiger partial charge is 0.239 e. The van der Waals surface area contributed by atoms with Crippen molar-refractivity contribution in [2.75, 3.05) is 24.2 Å². The summed E-state index contributed by atoms with van der Waals surface area (Å²) < 4.78 is 0. The number of benzene rings is 2. The lowest BCUT2D eigenvalue weighted by Gasteiger charge is -2.46. The number of guanidine groups is 1. The van der Waals surface area contributed by atoms with Crippen LogP contribution < -0.4 is 16.0 Å². The molecule has 0 bridgehead atoms. The molecule has 0 saturated carbocycles. The summed E-state index contributed by atoms with van der Waals surface area (Å²) in [6, 6.07) is 15.0. The molecule has 4 N–H and O–H groups in total. The Morgan fingerprint density at radius 3 is 2.52 bits per heavy atom. The van der Waals surface area contributed by atoms with Gasteiger partial charge in [-0.25, -0.2) is 0 Å². The van der Waals surface area contributed by atoms with Crippen molar-refractivity contribution in [3.05, 3.63) is 59.7 Å². The zero-order valence-electron chi connectivity index (χ0n) is 16.6. The molecule has 2 heterocycles. The van der Waals surface area contributed by atoms with E-state index in [1.807, 2.05) is 49.4 Å². The van der Waals surface area contributed by atoms with E-state index >= 15 is 0 Å². The van der Waals surface area contributed by atoms with Gasteiger partial charge in [0.2, 0.25) is 11.8 Å². The highest BCUT2D eigenvalue weighted by atomic mass is 16.2. The van der Waals surface area contributed by atoms with Gasteiger partial charge in [0.15, 0.2) is 5.96 Å². The van der Waals surface area contributed by atoms with Crippen molar-refractivity contribution in [2.24, 2.45) is 0 Å². The molecule has 7 heteroatoms. The summed E-state index contributed by atoms with van der Waals surface area (Å²) >= 11 is 0. The van der Waals surface area contributed by atoms with E-state index in [1.165, 1.54) is 4.90 Å². The molecule has 29 heavy (non-hydrogen) atoms. The minimum Gasteiger partial charge on any atom is -0.399 e. The lowest BCUT2D eigenvalue weighted by molar-refractivity contribution is -0.131. The fourth-order valence-corrected chi connectivity index (χ4v) is 4.30. The van der Waals surface area contributed by atoms with E-state index < -0.39 is 11.5 Å². The second kappa shape index (κ2) is 6.92. The summed E-state index contributed by atoms with van der Waals surface area (Å²) in [6.45, 7) is 2.65. The summed E-state index contributed by atoms with van der Waals surface area (Å²) in [5.41, 5.74) is 8.27. The first-order valence-electron chi connectivity index (χ1n) is 9.72. The maximum Gasteiger partial charge on any atom is 0.239 e. The van der Waals surface area contributed by atoms with Crippen LogP contribution in [0.2, 0.25) is 0 Å². The number of hydrogen-bond donors (Lipinski definition) is 3. The molecule has 2 atom stereocenters. The Kier molecular flexibility index (Phi) is 4.53. The SMILES string of the molecule is CN1C(=N)N[C@](C)(c2cccc(N)c2)[C@@H](c2ccc(N3CCCC3=O)cc2)C1=O. The number of carbonyl (C=O) groups excluding carboxylic acids is 2. The fourth-order valence-electron chi connectivity index (χ4n) is 4.30. The van der Waals surface area contributed by atoms with Crippen LogP contribution in [0, 0.1) is 5.41 Å². The molecule has 2 aromatic rings. The molecule has 2 aromatic carbocycles. The third-order valence-electron chi connectivity index (χ3n) is 5.97. The van der Waals surface area contributed by atoms with Crippen molar-refractivity contribution in [1.29, 1.82) is 5.41 Å². The average molecular weight is 391 g/mol. The van der Waals surface area contributed by atoms with Gasteiger partial charge in [-0.15, -0.1) is 0 Å². The van der Waals surface area contributed by atoms with E-state index in [0.717, 1.165) is 29.8 Å². The van der Waals surface area contributed by atoms with Gasteiger partial charge >= 0.3 is 0 Å². The number of anilines is 2. The topological polar surface area (TPSA) is 103 Å². The molecule has 2 aliphatic heterocycles. The summed E-state index contributed by atoms with van der Waals surface area (Å²) in [7, 11) is 1.60. The predicted octanol–water partition coefficient (Wildman–Crippen LogP) is 2.39. The number of nitrogens with one attached hydrogen (secondary N) is 2. The first-order chi connectivity index (χ1) is 13.8. The normalized spacial score (nSPS) is 24.8. The van der Waals surface area contributed by atoms with Gasteiger partial charge in [-0.3, -0.25) is 19.9 Å². The van der Waals surface area contributed by atoms with Gasteiger partial charge in [-0.05, 0) is 48.7 Å². The van der Waals surface area contributed by atoms with Crippen LogP contribution in [0.25, 0.3) is 0 Å². The Labute approximate surface area is 170 Å². The molecular weight excluding hydrogens is 366 g/mol. The Balaban J connectivity index is 1.76. The lowest BCUT2D eigenvalue weighted by atomic mass is 9.73. The zero-order valence-corrected chi connectivity index (χ0v) is 16.6. The van der Waals surface area contributed by atoms with Gasteiger partial charge in [0.1, 0.15) is 0 Å². The van der Waals surface area contributed by atoms with Gasteiger partial charge in [-0.2, -0.15) is 0 Å². The number of likely N-dealkylation sites (N-methyl/N-ethyl adjacent to an activating group) is 1. The highest BCUT2D eigenvalue weighted by Crippen LogP contribution is 2.41. The molecule has 2 amide bonds. The molecule has 0 unspecified atom stereocenters. The average Bonchev–Trinajstić information content (AvgIpc) is 3.13. The Morgan fingerprint density at radius 2 is 1.90 bits per heavy atom. The second-order valence-corrected chi connectivity index (χ2v) is 7.87. The number of nitrogens with zero attached hydrogens (tertiary/aromatic N) is 2. The number of nitrogens with two attached hydrogens (primary N) is 1. The molecule has 2 fully saturated rings. The van der Waals surface area contributed by atoms with Crippen molar-refractivity contribution in [3.63, 3.8) is 0 Å². The van der Waals surface area contributed by atoms with E-state index in [9.17, 15) is 9.59 Å². The van der Waals surface area contributed by atoms with Crippen LogP contribution in [-0.4, -0.2) is 36.3 Å². The first-order valence-corrected chi connectivity index (χ1v) is 9.72.